The van der Waals surface area contributed by atoms with Gasteiger partial charge in [0.25, 0.3) is 0 Å². The molecule has 1 fully saturated rings. The first-order valence-electron chi connectivity index (χ1n) is 7.37. The van der Waals surface area contributed by atoms with Gasteiger partial charge in [0.05, 0.1) is 6.04 Å². The number of rotatable bonds is 6. The van der Waals surface area contributed by atoms with Crippen LogP contribution in [0.5, 0.6) is 0 Å². The number of hydrogen-bond acceptors (Lipinski definition) is 4. The molecule has 0 aromatic heterocycles. The summed E-state index contributed by atoms with van der Waals surface area (Å²) in [5.41, 5.74) is 6.02. The summed E-state index contributed by atoms with van der Waals surface area (Å²) in [6, 6.07) is -0.335. The summed E-state index contributed by atoms with van der Waals surface area (Å²) in [5.74, 6) is 0.390. The molecule has 1 aliphatic rings. The first-order chi connectivity index (χ1) is 8.95. The molecular weight excluding hydrogens is 240 g/mol. The van der Waals surface area contributed by atoms with Gasteiger partial charge < -0.3 is 15.5 Å². The maximum absolute atomic E-state index is 12.2. The second-order valence-corrected chi connectivity index (χ2v) is 5.88. The Morgan fingerprint density at radius 3 is 2.32 bits per heavy atom. The normalized spacial score (nSPS) is 20.6. The number of amides is 1. The zero-order chi connectivity index (χ0) is 14.4. The largest absolute Gasteiger partial charge is 0.339 e. The van der Waals surface area contributed by atoms with E-state index in [1.54, 1.807) is 0 Å². The maximum atomic E-state index is 12.2. The van der Waals surface area contributed by atoms with Crippen molar-refractivity contribution >= 4 is 5.91 Å². The van der Waals surface area contributed by atoms with E-state index >= 15 is 0 Å². The number of piperazine rings is 1. The first kappa shape index (κ1) is 16.4. The van der Waals surface area contributed by atoms with Crippen LogP contribution in [0.15, 0.2) is 0 Å². The highest BCUT2D eigenvalue weighted by atomic mass is 16.2. The van der Waals surface area contributed by atoms with Crippen molar-refractivity contribution in [1.29, 1.82) is 0 Å². The molecule has 1 unspecified atom stereocenters. The van der Waals surface area contributed by atoms with E-state index in [1.165, 1.54) is 0 Å². The predicted octanol–water partition coefficient (Wildman–Crippen LogP) is 0.0656. The van der Waals surface area contributed by atoms with Crippen LogP contribution in [-0.2, 0) is 4.79 Å². The van der Waals surface area contributed by atoms with Crippen LogP contribution in [0.25, 0.3) is 0 Å². The number of nitrogens with zero attached hydrogens (tertiary/aromatic N) is 3. The minimum absolute atomic E-state index is 0.126. The molecule has 2 atom stereocenters. The Morgan fingerprint density at radius 1 is 1.26 bits per heavy atom. The molecule has 0 bridgehead atoms. The minimum atomic E-state index is -0.335. The summed E-state index contributed by atoms with van der Waals surface area (Å²) in [6.45, 7) is 9.84. The van der Waals surface area contributed by atoms with Crippen LogP contribution in [-0.4, -0.2) is 80.0 Å². The van der Waals surface area contributed by atoms with Gasteiger partial charge in [-0.3, -0.25) is 9.69 Å². The van der Waals surface area contributed by atoms with Crippen LogP contribution in [0.2, 0.25) is 0 Å². The minimum Gasteiger partial charge on any atom is -0.339 e. The highest BCUT2D eigenvalue weighted by molar-refractivity contribution is 5.82. The van der Waals surface area contributed by atoms with Crippen LogP contribution < -0.4 is 5.73 Å². The molecule has 0 saturated carbocycles. The Kier molecular flexibility index (Phi) is 6.75. The van der Waals surface area contributed by atoms with Crippen molar-refractivity contribution in [2.45, 2.75) is 26.3 Å². The molecule has 5 heteroatoms. The summed E-state index contributed by atoms with van der Waals surface area (Å²) >= 11 is 0. The zero-order valence-corrected chi connectivity index (χ0v) is 12.9. The lowest BCUT2D eigenvalue weighted by molar-refractivity contribution is -0.135. The Labute approximate surface area is 117 Å². The molecule has 0 radical (unpaired) electrons. The molecule has 2 N–H and O–H groups in total. The average molecular weight is 270 g/mol. The van der Waals surface area contributed by atoms with Gasteiger partial charge in [0.2, 0.25) is 5.91 Å². The first-order valence-corrected chi connectivity index (χ1v) is 7.37. The van der Waals surface area contributed by atoms with Gasteiger partial charge in [0, 0.05) is 39.3 Å². The third-order valence-electron chi connectivity index (χ3n) is 4.09. The molecule has 1 saturated heterocycles. The number of nitrogens with two attached hydrogens (primary N) is 1. The number of likely N-dealkylation sites (N-methyl/N-ethyl adjacent to an activating group) is 1. The van der Waals surface area contributed by atoms with Gasteiger partial charge in [-0.2, -0.15) is 0 Å². The van der Waals surface area contributed by atoms with Crippen molar-refractivity contribution in [3.05, 3.63) is 0 Å². The fraction of sp³-hybridized carbons (Fsp3) is 0.929. The van der Waals surface area contributed by atoms with E-state index in [2.05, 4.69) is 37.7 Å². The third-order valence-corrected chi connectivity index (χ3v) is 4.09. The van der Waals surface area contributed by atoms with Gasteiger partial charge in [-0.1, -0.05) is 20.3 Å². The van der Waals surface area contributed by atoms with Crippen LogP contribution in [0.1, 0.15) is 20.3 Å². The molecule has 1 heterocycles. The zero-order valence-electron chi connectivity index (χ0n) is 12.9. The molecule has 0 aromatic rings. The molecule has 0 spiro atoms. The van der Waals surface area contributed by atoms with Crippen molar-refractivity contribution in [3.63, 3.8) is 0 Å². The summed E-state index contributed by atoms with van der Waals surface area (Å²) in [4.78, 5) is 18.8. The molecule has 1 rings (SSSR count). The third kappa shape index (κ3) is 5.09. The standard InChI is InChI=1S/C14H30N4O/c1-5-12(2)13(15)14(19)18-10-8-17(9-11-18)7-6-16(3)4/h12-13H,5-11,15H2,1-4H3/t12?,13-/m0/s1. The van der Waals surface area contributed by atoms with Gasteiger partial charge in [-0.15, -0.1) is 0 Å². The topological polar surface area (TPSA) is 52.8 Å². The number of carbonyl (C=O) groups is 1. The van der Waals surface area contributed by atoms with Crippen LogP contribution in [0.4, 0.5) is 0 Å². The van der Waals surface area contributed by atoms with Gasteiger partial charge in [0.15, 0.2) is 0 Å². The summed E-state index contributed by atoms with van der Waals surface area (Å²) in [6.07, 6.45) is 0.954. The lowest BCUT2D eigenvalue weighted by Gasteiger charge is -2.37. The molecule has 1 aliphatic heterocycles. The maximum Gasteiger partial charge on any atom is 0.239 e. The summed E-state index contributed by atoms with van der Waals surface area (Å²) in [5, 5.41) is 0. The van der Waals surface area contributed by atoms with Crippen LogP contribution in [0.3, 0.4) is 0 Å². The number of carbonyl (C=O) groups excluding carboxylic acids is 1. The van der Waals surface area contributed by atoms with E-state index in [9.17, 15) is 4.79 Å². The Hall–Kier alpha value is -0.650. The summed E-state index contributed by atoms with van der Waals surface area (Å²) < 4.78 is 0. The quantitative estimate of drug-likeness (QED) is 0.742. The van der Waals surface area contributed by atoms with Crippen molar-refractivity contribution in [2.75, 3.05) is 53.4 Å². The predicted molar refractivity (Wildman–Crippen MR) is 79.0 cm³/mol. The Morgan fingerprint density at radius 2 is 1.84 bits per heavy atom. The van der Waals surface area contributed by atoms with Gasteiger partial charge in [-0.25, -0.2) is 0 Å². The molecule has 5 nitrogen and oxygen atoms in total. The van der Waals surface area contributed by atoms with E-state index in [0.29, 0.717) is 0 Å². The van der Waals surface area contributed by atoms with E-state index in [4.69, 9.17) is 5.73 Å². The second kappa shape index (κ2) is 7.82. The molecule has 0 aromatic carbocycles. The molecule has 0 aliphatic carbocycles. The van der Waals surface area contributed by atoms with Gasteiger partial charge in [0.1, 0.15) is 0 Å². The van der Waals surface area contributed by atoms with E-state index in [-0.39, 0.29) is 17.9 Å². The smallest absolute Gasteiger partial charge is 0.239 e. The average Bonchev–Trinajstić information content (AvgIpc) is 2.43. The van der Waals surface area contributed by atoms with Gasteiger partial charge >= 0.3 is 0 Å². The van der Waals surface area contributed by atoms with Crippen molar-refractivity contribution in [3.8, 4) is 0 Å². The highest BCUT2D eigenvalue weighted by Crippen LogP contribution is 2.10. The molecule has 112 valence electrons. The van der Waals surface area contributed by atoms with E-state index in [1.807, 2.05) is 4.90 Å². The summed E-state index contributed by atoms with van der Waals surface area (Å²) in [7, 11) is 4.18. The number of hydrogen-bond donors (Lipinski definition) is 1. The Bertz CT molecular complexity index is 275. The van der Waals surface area contributed by atoms with E-state index < -0.39 is 0 Å². The lowest BCUT2D eigenvalue weighted by Crippen LogP contribution is -2.55. The lowest BCUT2D eigenvalue weighted by atomic mass is 9.98. The molecule has 1 amide bonds. The van der Waals surface area contributed by atoms with Gasteiger partial charge in [-0.05, 0) is 20.0 Å². The second-order valence-electron chi connectivity index (χ2n) is 5.88. The highest BCUT2D eigenvalue weighted by Gasteiger charge is 2.27. The monoisotopic (exact) mass is 270 g/mol. The van der Waals surface area contributed by atoms with Crippen molar-refractivity contribution in [1.82, 2.24) is 14.7 Å². The van der Waals surface area contributed by atoms with E-state index in [0.717, 1.165) is 45.7 Å². The van der Waals surface area contributed by atoms with Crippen molar-refractivity contribution in [2.24, 2.45) is 11.7 Å². The fourth-order valence-electron chi connectivity index (χ4n) is 2.24. The van der Waals surface area contributed by atoms with Crippen molar-refractivity contribution < 1.29 is 4.79 Å². The van der Waals surface area contributed by atoms with Crippen LogP contribution in [0, 0.1) is 5.92 Å². The fourth-order valence-corrected chi connectivity index (χ4v) is 2.24. The molecular formula is C14H30N4O. The SMILES string of the molecule is CCC(C)[C@H](N)C(=O)N1CCN(CCN(C)C)CC1. The van der Waals surface area contributed by atoms with Crippen LogP contribution >= 0.6 is 0 Å². The Balaban J connectivity index is 2.35. The molecule has 19 heavy (non-hydrogen) atoms.